The van der Waals surface area contributed by atoms with Crippen LogP contribution >= 0.6 is 0 Å². The van der Waals surface area contributed by atoms with E-state index in [-0.39, 0.29) is 0 Å². The van der Waals surface area contributed by atoms with E-state index in [0.717, 1.165) is 18.8 Å². The van der Waals surface area contributed by atoms with Crippen LogP contribution in [0, 0.1) is 6.92 Å². The predicted molar refractivity (Wildman–Crippen MR) is 64.9 cm³/mol. The standard InChI is InChI=1S/C13H17N3/c1-11-3-4-12(9-15-11)7-14-8-13-5-6-16(2)10-13/h3-6,9-10,14H,7-8H2,1-2H3. The maximum atomic E-state index is 4.26. The molecule has 0 saturated carbocycles. The lowest BCUT2D eigenvalue weighted by atomic mass is 10.2. The lowest BCUT2D eigenvalue weighted by Gasteiger charge is -2.03. The number of hydrogen-bond donors (Lipinski definition) is 1. The Morgan fingerprint density at radius 2 is 2.00 bits per heavy atom. The van der Waals surface area contributed by atoms with Gasteiger partial charge in [0.15, 0.2) is 0 Å². The molecule has 0 saturated heterocycles. The normalized spacial score (nSPS) is 10.6. The summed E-state index contributed by atoms with van der Waals surface area (Å²) in [5.74, 6) is 0. The number of rotatable bonds is 4. The Morgan fingerprint density at radius 1 is 1.19 bits per heavy atom. The lowest BCUT2D eigenvalue weighted by molar-refractivity contribution is 0.690. The fourth-order valence-corrected chi connectivity index (χ4v) is 1.62. The van der Waals surface area contributed by atoms with Crippen LogP contribution in [0.3, 0.4) is 0 Å². The molecule has 16 heavy (non-hydrogen) atoms. The zero-order chi connectivity index (χ0) is 11.4. The van der Waals surface area contributed by atoms with Crippen molar-refractivity contribution in [2.75, 3.05) is 0 Å². The molecule has 84 valence electrons. The number of aryl methyl sites for hydroxylation is 2. The highest BCUT2D eigenvalue weighted by molar-refractivity contribution is 5.14. The van der Waals surface area contributed by atoms with Crippen LogP contribution in [-0.4, -0.2) is 9.55 Å². The van der Waals surface area contributed by atoms with Gasteiger partial charge in [-0.25, -0.2) is 0 Å². The summed E-state index contributed by atoms with van der Waals surface area (Å²) < 4.78 is 2.06. The number of nitrogens with zero attached hydrogens (tertiary/aromatic N) is 2. The smallest absolute Gasteiger partial charge is 0.0372 e. The van der Waals surface area contributed by atoms with E-state index in [4.69, 9.17) is 0 Å². The summed E-state index contributed by atoms with van der Waals surface area (Å²) in [6.45, 7) is 3.76. The van der Waals surface area contributed by atoms with Gasteiger partial charge in [0, 0.05) is 44.4 Å². The van der Waals surface area contributed by atoms with Crippen molar-refractivity contribution in [1.82, 2.24) is 14.9 Å². The van der Waals surface area contributed by atoms with E-state index >= 15 is 0 Å². The van der Waals surface area contributed by atoms with E-state index in [1.165, 1.54) is 11.1 Å². The molecule has 0 unspecified atom stereocenters. The number of nitrogens with one attached hydrogen (secondary N) is 1. The summed E-state index contributed by atoms with van der Waals surface area (Å²) in [6.07, 6.45) is 6.11. The second kappa shape index (κ2) is 4.94. The molecule has 0 atom stereocenters. The first kappa shape index (κ1) is 10.9. The quantitative estimate of drug-likeness (QED) is 0.845. The summed E-state index contributed by atoms with van der Waals surface area (Å²) in [5.41, 5.74) is 3.59. The van der Waals surface area contributed by atoms with Gasteiger partial charge in [-0.1, -0.05) is 6.07 Å². The number of aromatic nitrogens is 2. The molecule has 2 rings (SSSR count). The maximum Gasteiger partial charge on any atom is 0.0372 e. The molecule has 0 spiro atoms. The summed E-state index contributed by atoms with van der Waals surface area (Å²) >= 11 is 0. The molecule has 3 heteroatoms. The van der Waals surface area contributed by atoms with Crippen LogP contribution in [0.15, 0.2) is 36.8 Å². The lowest BCUT2D eigenvalue weighted by Crippen LogP contribution is -2.12. The Morgan fingerprint density at radius 3 is 2.62 bits per heavy atom. The van der Waals surface area contributed by atoms with E-state index in [2.05, 4.69) is 39.4 Å². The molecule has 0 aliphatic rings. The third-order valence-electron chi connectivity index (χ3n) is 2.52. The molecule has 0 bridgehead atoms. The van der Waals surface area contributed by atoms with E-state index < -0.39 is 0 Å². The summed E-state index contributed by atoms with van der Waals surface area (Å²) in [4.78, 5) is 4.26. The first-order valence-electron chi connectivity index (χ1n) is 5.47. The van der Waals surface area contributed by atoms with Gasteiger partial charge >= 0.3 is 0 Å². The van der Waals surface area contributed by atoms with Crippen molar-refractivity contribution < 1.29 is 0 Å². The molecule has 0 radical (unpaired) electrons. The van der Waals surface area contributed by atoms with E-state index in [0.29, 0.717) is 0 Å². The Balaban J connectivity index is 1.82. The minimum absolute atomic E-state index is 0.863. The van der Waals surface area contributed by atoms with Gasteiger partial charge in [0.2, 0.25) is 0 Å². The third-order valence-corrected chi connectivity index (χ3v) is 2.52. The topological polar surface area (TPSA) is 29.9 Å². The average Bonchev–Trinajstić information content (AvgIpc) is 2.67. The van der Waals surface area contributed by atoms with E-state index in [1.807, 2.05) is 26.2 Å². The van der Waals surface area contributed by atoms with Gasteiger partial charge in [-0.05, 0) is 30.2 Å². The summed E-state index contributed by atoms with van der Waals surface area (Å²) in [7, 11) is 2.04. The molecule has 0 aromatic carbocycles. The predicted octanol–water partition coefficient (Wildman–Crippen LogP) is 2.02. The van der Waals surface area contributed by atoms with Gasteiger partial charge in [0.1, 0.15) is 0 Å². The number of hydrogen-bond acceptors (Lipinski definition) is 2. The highest BCUT2D eigenvalue weighted by Crippen LogP contribution is 2.01. The zero-order valence-electron chi connectivity index (χ0n) is 9.77. The van der Waals surface area contributed by atoms with Crippen molar-refractivity contribution in [3.8, 4) is 0 Å². The summed E-state index contributed by atoms with van der Waals surface area (Å²) in [5, 5.41) is 3.40. The Hall–Kier alpha value is -1.61. The van der Waals surface area contributed by atoms with Crippen LogP contribution in [0.5, 0.6) is 0 Å². The Labute approximate surface area is 96.1 Å². The maximum absolute atomic E-state index is 4.26. The molecule has 0 amide bonds. The fraction of sp³-hybridized carbons (Fsp3) is 0.308. The monoisotopic (exact) mass is 215 g/mol. The average molecular weight is 215 g/mol. The highest BCUT2D eigenvalue weighted by Gasteiger charge is 1.95. The Kier molecular flexibility index (Phi) is 3.37. The molecule has 2 aromatic heterocycles. The van der Waals surface area contributed by atoms with Crippen LogP contribution in [0.4, 0.5) is 0 Å². The molecule has 0 aliphatic carbocycles. The van der Waals surface area contributed by atoms with Gasteiger partial charge in [0.25, 0.3) is 0 Å². The van der Waals surface area contributed by atoms with Crippen molar-refractivity contribution in [3.05, 3.63) is 53.6 Å². The molecular formula is C13H17N3. The van der Waals surface area contributed by atoms with E-state index in [9.17, 15) is 0 Å². The first-order chi connectivity index (χ1) is 7.74. The van der Waals surface area contributed by atoms with Crippen molar-refractivity contribution in [1.29, 1.82) is 0 Å². The molecule has 0 fully saturated rings. The summed E-state index contributed by atoms with van der Waals surface area (Å²) in [6, 6.07) is 6.28. The van der Waals surface area contributed by atoms with Crippen LogP contribution in [0.25, 0.3) is 0 Å². The largest absolute Gasteiger partial charge is 0.357 e. The fourth-order valence-electron chi connectivity index (χ4n) is 1.62. The second-order valence-corrected chi connectivity index (χ2v) is 4.10. The minimum Gasteiger partial charge on any atom is -0.357 e. The van der Waals surface area contributed by atoms with Crippen molar-refractivity contribution in [3.63, 3.8) is 0 Å². The molecule has 2 heterocycles. The molecule has 0 aliphatic heterocycles. The van der Waals surface area contributed by atoms with Crippen molar-refractivity contribution in [2.45, 2.75) is 20.0 Å². The minimum atomic E-state index is 0.863. The van der Waals surface area contributed by atoms with Crippen LogP contribution in [0.1, 0.15) is 16.8 Å². The molecule has 1 N–H and O–H groups in total. The van der Waals surface area contributed by atoms with Crippen molar-refractivity contribution in [2.24, 2.45) is 7.05 Å². The van der Waals surface area contributed by atoms with Crippen LogP contribution in [0.2, 0.25) is 0 Å². The van der Waals surface area contributed by atoms with Crippen molar-refractivity contribution >= 4 is 0 Å². The van der Waals surface area contributed by atoms with Crippen LogP contribution < -0.4 is 5.32 Å². The molecule has 3 nitrogen and oxygen atoms in total. The molecular weight excluding hydrogens is 198 g/mol. The highest BCUT2D eigenvalue weighted by atomic mass is 14.9. The zero-order valence-corrected chi connectivity index (χ0v) is 9.77. The second-order valence-electron chi connectivity index (χ2n) is 4.10. The van der Waals surface area contributed by atoms with Gasteiger partial charge in [-0.15, -0.1) is 0 Å². The SMILES string of the molecule is Cc1ccc(CNCc2ccn(C)c2)cn1. The number of pyridine rings is 1. The van der Waals surface area contributed by atoms with Gasteiger partial charge in [-0.3, -0.25) is 4.98 Å². The van der Waals surface area contributed by atoms with Gasteiger partial charge < -0.3 is 9.88 Å². The van der Waals surface area contributed by atoms with Crippen LogP contribution in [-0.2, 0) is 20.1 Å². The van der Waals surface area contributed by atoms with Gasteiger partial charge in [-0.2, -0.15) is 0 Å². The Bertz CT molecular complexity index is 442. The van der Waals surface area contributed by atoms with Gasteiger partial charge in [0.05, 0.1) is 0 Å². The third kappa shape index (κ3) is 2.94. The van der Waals surface area contributed by atoms with E-state index in [1.54, 1.807) is 0 Å². The first-order valence-corrected chi connectivity index (χ1v) is 5.47. The molecule has 2 aromatic rings.